The van der Waals surface area contributed by atoms with Gasteiger partial charge < -0.3 is 10.7 Å². The van der Waals surface area contributed by atoms with Crippen molar-refractivity contribution in [2.75, 3.05) is 6.54 Å². The van der Waals surface area contributed by atoms with Crippen LogP contribution < -0.4 is 16.1 Å². The summed E-state index contributed by atoms with van der Waals surface area (Å²) in [5.74, 6) is -0.168. The van der Waals surface area contributed by atoms with Crippen LogP contribution in [-0.2, 0) is 4.79 Å². The molecule has 3 N–H and O–H groups in total. The third-order valence-electron chi connectivity index (χ3n) is 4.31. The highest BCUT2D eigenvalue weighted by atomic mass is 32.1. The molecule has 3 rings (SSSR count). The third kappa shape index (κ3) is 4.00. The first-order valence-corrected chi connectivity index (χ1v) is 8.66. The summed E-state index contributed by atoms with van der Waals surface area (Å²) >= 11 is 5.21. The van der Waals surface area contributed by atoms with Gasteiger partial charge >= 0.3 is 0 Å². The van der Waals surface area contributed by atoms with E-state index in [4.69, 9.17) is 12.2 Å². The smallest absolute Gasteiger partial charge is 0.257 e. The lowest BCUT2D eigenvalue weighted by molar-refractivity contribution is -0.114. The number of hydrogen-bond donors (Lipinski definition) is 3. The van der Waals surface area contributed by atoms with Crippen LogP contribution in [0.4, 0.5) is 0 Å². The number of thiocarbonyl (C=S) groups is 1. The van der Waals surface area contributed by atoms with Gasteiger partial charge in [0.25, 0.3) is 5.91 Å². The molecule has 0 atom stereocenters. The number of benzene rings is 1. The molecule has 0 spiro atoms. The van der Waals surface area contributed by atoms with Gasteiger partial charge in [-0.3, -0.25) is 19.9 Å². The van der Waals surface area contributed by atoms with Crippen LogP contribution in [0.25, 0.3) is 0 Å². The average molecular weight is 368 g/mol. The van der Waals surface area contributed by atoms with Crippen LogP contribution in [0, 0.1) is 0 Å². The average Bonchev–Trinajstić information content (AvgIpc) is 3.06. The van der Waals surface area contributed by atoms with Crippen LogP contribution >= 0.6 is 12.2 Å². The van der Waals surface area contributed by atoms with E-state index < -0.39 is 0 Å². The van der Waals surface area contributed by atoms with Gasteiger partial charge in [0.1, 0.15) is 0 Å². The second-order valence-electron chi connectivity index (χ2n) is 6.24. The molecule has 134 valence electrons. The lowest BCUT2D eigenvalue weighted by atomic mass is 9.96. The highest BCUT2D eigenvalue weighted by Crippen LogP contribution is 2.26. The van der Waals surface area contributed by atoms with Crippen LogP contribution in [0.5, 0.6) is 0 Å². The van der Waals surface area contributed by atoms with Crippen molar-refractivity contribution in [3.05, 3.63) is 70.7 Å². The predicted molar refractivity (Wildman–Crippen MR) is 104 cm³/mol. The Morgan fingerprint density at radius 2 is 1.96 bits per heavy atom. The molecule has 0 radical (unpaired) electrons. The summed E-state index contributed by atoms with van der Waals surface area (Å²) in [6.45, 7) is 4.48. The second-order valence-corrected chi connectivity index (χ2v) is 6.65. The number of ketones is 1. The zero-order valence-corrected chi connectivity index (χ0v) is 15.4. The van der Waals surface area contributed by atoms with Gasteiger partial charge in [0.15, 0.2) is 10.9 Å². The molecular weight excluding hydrogens is 348 g/mol. The quantitative estimate of drug-likeness (QED) is 0.710. The van der Waals surface area contributed by atoms with Crippen molar-refractivity contribution in [1.82, 2.24) is 21.1 Å². The number of hydrogen-bond acceptors (Lipinski definition) is 5. The standard InChI is InChI=1S/C19H20N4O2S/c1-12-8-16(24)9-17(13(12)2)23-11-15(10-20-23)21-19(26)22-18(25)14-6-4-3-5-7-14/h3-7,9-10,20H,8,11H2,1-2H3,(H2,21,22,25,26). The van der Waals surface area contributed by atoms with E-state index in [1.807, 2.05) is 24.9 Å². The Morgan fingerprint density at radius 1 is 1.23 bits per heavy atom. The van der Waals surface area contributed by atoms with Crippen molar-refractivity contribution < 1.29 is 9.59 Å². The molecule has 1 amide bonds. The molecule has 0 unspecified atom stereocenters. The van der Waals surface area contributed by atoms with Crippen molar-refractivity contribution in [2.45, 2.75) is 20.3 Å². The van der Waals surface area contributed by atoms with Gasteiger partial charge in [-0.05, 0) is 43.8 Å². The number of nitrogens with one attached hydrogen (secondary N) is 3. The van der Waals surface area contributed by atoms with E-state index in [1.165, 1.54) is 0 Å². The minimum Gasteiger partial charge on any atom is -0.333 e. The highest BCUT2D eigenvalue weighted by Gasteiger charge is 2.23. The number of rotatable bonds is 3. The molecule has 7 heteroatoms. The molecule has 6 nitrogen and oxygen atoms in total. The van der Waals surface area contributed by atoms with Gasteiger partial charge in [-0.25, -0.2) is 0 Å². The number of allylic oxidation sites excluding steroid dienone is 3. The molecule has 1 aliphatic carbocycles. The Hall–Kier alpha value is -2.93. The first-order chi connectivity index (χ1) is 12.4. The molecule has 0 aromatic heterocycles. The molecule has 1 aliphatic heterocycles. The van der Waals surface area contributed by atoms with Crippen molar-refractivity contribution in [1.29, 1.82) is 0 Å². The van der Waals surface area contributed by atoms with Crippen molar-refractivity contribution in [3.8, 4) is 0 Å². The lowest BCUT2D eigenvalue weighted by Crippen LogP contribution is -2.40. The third-order valence-corrected chi connectivity index (χ3v) is 4.52. The number of amides is 1. The van der Waals surface area contributed by atoms with Gasteiger partial charge in [0.2, 0.25) is 0 Å². The zero-order valence-electron chi connectivity index (χ0n) is 14.6. The summed E-state index contributed by atoms with van der Waals surface area (Å²) in [7, 11) is 0. The molecule has 0 bridgehead atoms. The summed E-state index contributed by atoms with van der Waals surface area (Å²) < 4.78 is 0. The summed E-state index contributed by atoms with van der Waals surface area (Å²) in [6, 6.07) is 8.88. The number of nitrogens with zero attached hydrogens (tertiary/aromatic N) is 1. The van der Waals surface area contributed by atoms with E-state index >= 15 is 0 Å². The van der Waals surface area contributed by atoms with E-state index in [1.54, 1.807) is 36.5 Å². The Morgan fingerprint density at radius 3 is 2.69 bits per heavy atom. The van der Waals surface area contributed by atoms with E-state index in [0.29, 0.717) is 18.5 Å². The fourth-order valence-corrected chi connectivity index (χ4v) is 3.02. The zero-order chi connectivity index (χ0) is 18.7. The van der Waals surface area contributed by atoms with Gasteiger partial charge in [0.05, 0.1) is 17.9 Å². The second kappa shape index (κ2) is 7.53. The van der Waals surface area contributed by atoms with Crippen LogP contribution in [0.2, 0.25) is 0 Å². The minimum absolute atomic E-state index is 0.0944. The normalized spacial score (nSPS) is 16.7. The number of carbonyl (C=O) groups is 2. The first-order valence-electron chi connectivity index (χ1n) is 8.25. The number of hydrazine groups is 1. The van der Waals surface area contributed by atoms with Crippen molar-refractivity contribution in [3.63, 3.8) is 0 Å². The summed E-state index contributed by atoms with van der Waals surface area (Å²) in [5.41, 5.74) is 7.47. The van der Waals surface area contributed by atoms with Gasteiger partial charge in [0, 0.05) is 24.3 Å². The maximum absolute atomic E-state index is 12.1. The Labute approximate surface area is 157 Å². The van der Waals surface area contributed by atoms with Crippen molar-refractivity contribution >= 4 is 29.0 Å². The highest BCUT2D eigenvalue weighted by molar-refractivity contribution is 7.80. The Bertz CT molecular complexity index is 856. The monoisotopic (exact) mass is 368 g/mol. The van der Waals surface area contributed by atoms with E-state index in [-0.39, 0.29) is 16.8 Å². The molecule has 1 aromatic rings. The van der Waals surface area contributed by atoms with Crippen LogP contribution in [0.15, 0.2) is 65.1 Å². The fraction of sp³-hybridized carbons (Fsp3) is 0.211. The van der Waals surface area contributed by atoms with E-state index in [2.05, 4.69) is 16.1 Å². The van der Waals surface area contributed by atoms with Gasteiger partial charge in [-0.15, -0.1) is 0 Å². The van der Waals surface area contributed by atoms with Crippen LogP contribution in [0.1, 0.15) is 30.6 Å². The topological polar surface area (TPSA) is 73.5 Å². The first kappa shape index (κ1) is 17.9. The number of carbonyl (C=O) groups excluding carboxylic acids is 2. The SMILES string of the molecule is CC1=C(C)C(N2CC(NC(=S)NC(=O)c3ccccc3)=CN2)=CC(=O)C1. The molecule has 0 saturated heterocycles. The molecular formula is C19H20N4O2S. The Balaban J connectivity index is 1.57. The summed E-state index contributed by atoms with van der Waals surface area (Å²) in [5, 5.41) is 7.77. The largest absolute Gasteiger partial charge is 0.333 e. The molecule has 1 aromatic carbocycles. The molecule has 0 fully saturated rings. The van der Waals surface area contributed by atoms with E-state index in [0.717, 1.165) is 22.5 Å². The predicted octanol–water partition coefficient (Wildman–Crippen LogP) is 2.15. The maximum Gasteiger partial charge on any atom is 0.257 e. The lowest BCUT2D eigenvalue weighted by Gasteiger charge is -2.26. The van der Waals surface area contributed by atoms with Gasteiger partial charge in [-0.2, -0.15) is 0 Å². The summed E-state index contributed by atoms with van der Waals surface area (Å²) in [4.78, 5) is 24.0. The minimum atomic E-state index is -0.262. The Kier molecular flexibility index (Phi) is 5.18. The molecule has 1 heterocycles. The van der Waals surface area contributed by atoms with E-state index in [9.17, 15) is 9.59 Å². The molecule has 26 heavy (non-hydrogen) atoms. The fourth-order valence-electron chi connectivity index (χ4n) is 2.79. The molecule has 0 saturated carbocycles. The van der Waals surface area contributed by atoms with Gasteiger partial charge in [-0.1, -0.05) is 23.8 Å². The van der Waals surface area contributed by atoms with Crippen LogP contribution in [-0.4, -0.2) is 28.4 Å². The van der Waals surface area contributed by atoms with Crippen molar-refractivity contribution in [2.24, 2.45) is 0 Å². The summed E-state index contributed by atoms with van der Waals surface area (Å²) in [6.07, 6.45) is 3.89. The maximum atomic E-state index is 12.1. The van der Waals surface area contributed by atoms with Crippen LogP contribution in [0.3, 0.4) is 0 Å². The molecule has 2 aliphatic rings.